The van der Waals surface area contributed by atoms with Crippen molar-refractivity contribution < 1.29 is 47.7 Å². The van der Waals surface area contributed by atoms with Crippen molar-refractivity contribution in [2.75, 3.05) is 19.0 Å². The van der Waals surface area contributed by atoms with Gasteiger partial charge in [0, 0.05) is 56.3 Å². The van der Waals surface area contributed by atoms with E-state index in [9.17, 15) is 10.2 Å². The van der Waals surface area contributed by atoms with Crippen molar-refractivity contribution in [2.24, 2.45) is 5.92 Å². The van der Waals surface area contributed by atoms with Gasteiger partial charge in [-0.05, 0) is 7.05 Å². The second kappa shape index (κ2) is 6.62. The molecule has 0 aromatic carbocycles. The van der Waals surface area contributed by atoms with Crippen LogP contribution in [0.25, 0.3) is 11.2 Å². The van der Waals surface area contributed by atoms with E-state index in [1.54, 1.807) is 17.9 Å². The number of hydrogen-bond acceptors (Lipinski definition) is 7. The summed E-state index contributed by atoms with van der Waals surface area (Å²) in [7, 11) is 1.74. The normalized spacial score (nSPS) is 28.6. The third-order valence-electron chi connectivity index (χ3n) is 3.73. The van der Waals surface area contributed by atoms with E-state index in [1.165, 1.54) is 0 Å². The van der Waals surface area contributed by atoms with Crippen LogP contribution in [-0.2, 0) is 37.4 Å². The molecule has 111 valence electrons. The first kappa shape index (κ1) is 16.7. The molecule has 4 atom stereocenters. The zero-order valence-corrected chi connectivity index (χ0v) is 14.6. The number of nitrogens with one attached hydrogen (secondary N) is 1. The average molecular weight is 367 g/mol. The zero-order valence-electron chi connectivity index (χ0n) is 11.8. The number of hydrogen-bond donors (Lipinski definition) is 3. The van der Waals surface area contributed by atoms with Gasteiger partial charge in [0.15, 0.2) is 6.23 Å². The Balaban J connectivity index is 0.00000161. The molecule has 2 aromatic rings. The molecule has 1 saturated heterocycles. The van der Waals surface area contributed by atoms with Crippen molar-refractivity contribution in [3.63, 3.8) is 0 Å². The van der Waals surface area contributed by atoms with Gasteiger partial charge in [-0.25, -0.2) is 0 Å². The Morgan fingerprint density at radius 2 is 2.24 bits per heavy atom. The van der Waals surface area contributed by atoms with Gasteiger partial charge < -0.3 is 34.8 Å². The van der Waals surface area contributed by atoms with Gasteiger partial charge in [-0.2, -0.15) is 0 Å². The van der Waals surface area contributed by atoms with Gasteiger partial charge >= 0.3 is 0 Å². The van der Waals surface area contributed by atoms with Crippen LogP contribution in [0.2, 0.25) is 0 Å². The third kappa shape index (κ3) is 2.71. The Labute approximate surface area is 146 Å². The number of aliphatic hydroxyl groups excluding tert-OH is 2. The van der Waals surface area contributed by atoms with Crippen LogP contribution in [0, 0.1) is 12.2 Å². The van der Waals surface area contributed by atoms with E-state index in [0.29, 0.717) is 17.0 Å². The number of imidazole rings is 1. The van der Waals surface area contributed by atoms with Crippen molar-refractivity contribution in [3.05, 3.63) is 12.7 Å². The molecule has 1 aliphatic heterocycles. The Morgan fingerprint density at radius 1 is 1.48 bits per heavy atom. The number of ether oxygens (including phenoxy) is 1. The van der Waals surface area contributed by atoms with Gasteiger partial charge in [0.2, 0.25) is 0 Å². The Hall–Kier alpha value is -0.666. The van der Waals surface area contributed by atoms with Crippen LogP contribution >= 0.6 is 0 Å². The summed E-state index contributed by atoms with van der Waals surface area (Å²) in [5.74, 6) is 0.394. The first-order valence-corrected chi connectivity index (χ1v) is 6.40. The van der Waals surface area contributed by atoms with Crippen molar-refractivity contribution in [2.45, 2.75) is 25.4 Å². The molecule has 0 saturated carbocycles. The van der Waals surface area contributed by atoms with E-state index in [4.69, 9.17) is 4.74 Å². The van der Waals surface area contributed by atoms with Crippen LogP contribution in [-0.4, -0.2) is 55.6 Å². The van der Waals surface area contributed by atoms with Crippen LogP contribution in [0.4, 0.5) is 5.82 Å². The van der Waals surface area contributed by atoms with Gasteiger partial charge in [0.05, 0.1) is 24.7 Å². The predicted octanol–water partition coefficient (Wildman–Crippen LogP) is -0.448. The number of fused-ring (bicyclic) bond motifs is 1. The minimum absolute atomic E-state index is 0. The summed E-state index contributed by atoms with van der Waals surface area (Å²) < 4.78 is 7.33. The average Bonchev–Trinajstić information content (AvgIpc) is 3.01. The molecular weight excluding hydrogens is 351 g/mol. The first-order valence-electron chi connectivity index (χ1n) is 6.40. The van der Waals surface area contributed by atoms with Crippen molar-refractivity contribution in [1.82, 2.24) is 19.5 Å². The summed E-state index contributed by atoms with van der Waals surface area (Å²) in [6.45, 7) is 1.70. The standard InChI is InChI=1S/C12H16N5O3.Y/c1-6-7(3-18)20-12(9(6)19)17-5-16-8-10(13-2)14-4-15-11(8)17;/h5-7,9,12,18-19H,3H2,1-2H3,(H,13,14,15);/q-1;/t6?,7-,9?,12-;/m1./s1. The fraction of sp³-hybridized carbons (Fsp3) is 0.583. The second-order valence-corrected chi connectivity index (χ2v) is 4.84. The number of aliphatic hydroxyl groups is 2. The topological polar surface area (TPSA) is 105 Å². The summed E-state index contributed by atoms with van der Waals surface area (Å²) in [5.41, 5.74) is 1.11. The molecular formula is C12H16N5O3Y-. The van der Waals surface area contributed by atoms with Crippen LogP contribution in [0.5, 0.6) is 0 Å². The van der Waals surface area contributed by atoms with Gasteiger partial charge in [-0.1, -0.05) is 6.92 Å². The molecule has 1 aliphatic rings. The van der Waals surface area contributed by atoms with E-state index in [2.05, 4.69) is 26.6 Å². The summed E-state index contributed by atoms with van der Waals surface area (Å²) in [4.78, 5) is 12.3. The van der Waals surface area contributed by atoms with E-state index in [1.807, 2.05) is 6.92 Å². The molecule has 21 heavy (non-hydrogen) atoms. The third-order valence-corrected chi connectivity index (χ3v) is 3.73. The maximum absolute atomic E-state index is 10.3. The second-order valence-electron chi connectivity index (χ2n) is 4.84. The van der Waals surface area contributed by atoms with Crippen molar-refractivity contribution in [1.29, 1.82) is 0 Å². The molecule has 0 bridgehead atoms. The zero-order chi connectivity index (χ0) is 14.3. The number of aromatic nitrogens is 4. The van der Waals surface area contributed by atoms with Gasteiger partial charge in [-0.3, -0.25) is 4.98 Å². The molecule has 3 rings (SSSR count). The molecule has 0 amide bonds. The Kier molecular flexibility index (Phi) is 5.26. The fourth-order valence-electron chi connectivity index (χ4n) is 2.47. The van der Waals surface area contributed by atoms with E-state index < -0.39 is 18.4 Å². The number of anilines is 1. The van der Waals surface area contributed by atoms with Crippen molar-refractivity contribution >= 4 is 17.0 Å². The molecule has 2 unspecified atom stereocenters. The minimum atomic E-state index is -0.738. The summed E-state index contributed by atoms with van der Waals surface area (Å²) in [6.07, 6.45) is 2.33. The van der Waals surface area contributed by atoms with Crippen LogP contribution < -0.4 is 5.32 Å². The van der Waals surface area contributed by atoms with Gasteiger partial charge in [0.25, 0.3) is 0 Å². The Morgan fingerprint density at radius 3 is 2.86 bits per heavy atom. The molecule has 1 radical (unpaired) electrons. The van der Waals surface area contributed by atoms with E-state index >= 15 is 0 Å². The largest absolute Gasteiger partial charge is 0.423 e. The molecule has 3 N–H and O–H groups in total. The Bertz CT molecular complexity index is 622. The maximum Gasteiger partial charge on any atom is 0.153 e. The van der Waals surface area contributed by atoms with Crippen LogP contribution in [0.1, 0.15) is 13.2 Å². The van der Waals surface area contributed by atoms with Gasteiger partial charge in [-0.15, -0.1) is 0 Å². The summed E-state index contributed by atoms with van der Waals surface area (Å²) >= 11 is 0. The molecule has 1 fully saturated rings. The SMILES string of the molecule is CNc1n[c-]nc2c1ncn2[C@@H]1O[C@H](CO)C(C)C1O.[Y]. The molecule has 8 nitrogen and oxygen atoms in total. The fourth-order valence-corrected chi connectivity index (χ4v) is 2.47. The number of nitrogens with zero attached hydrogens (tertiary/aromatic N) is 4. The van der Waals surface area contributed by atoms with E-state index in [0.717, 1.165) is 0 Å². The molecule has 0 spiro atoms. The van der Waals surface area contributed by atoms with E-state index in [-0.39, 0.29) is 45.2 Å². The molecule has 9 heteroatoms. The predicted molar refractivity (Wildman–Crippen MR) is 69.9 cm³/mol. The first-order chi connectivity index (χ1) is 9.67. The molecule has 0 aliphatic carbocycles. The van der Waals surface area contributed by atoms with Crippen LogP contribution in [0.3, 0.4) is 0 Å². The number of rotatable bonds is 3. The molecule has 2 aromatic heterocycles. The summed E-state index contributed by atoms with van der Waals surface area (Å²) in [5, 5.41) is 22.4. The van der Waals surface area contributed by atoms with Gasteiger partial charge in [0.1, 0.15) is 6.10 Å². The smallest absolute Gasteiger partial charge is 0.153 e. The van der Waals surface area contributed by atoms with Crippen LogP contribution in [0.15, 0.2) is 6.33 Å². The minimum Gasteiger partial charge on any atom is -0.423 e. The maximum atomic E-state index is 10.3. The quantitative estimate of drug-likeness (QED) is 0.632. The van der Waals surface area contributed by atoms with Crippen molar-refractivity contribution in [3.8, 4) is 0 Å². The molecule has 3 heterocycles. The summed E-state index contributed by atoms with van der Waals surface area (Å²) in [6, 6.07) is 0. The monoisotopic (exact) mass is 367 g/mol.